The molecule has 3 heterocycles. The summed E-state index contributed by atoms with van der Waals surface area (Å²) < 4.78 is 106. The maximum absolute atomic E-state index is 13.8. The number of fused-ring (bicyclic) bond motifs is 1. The molecule has 2 aromatic rings. The molecular weight excluding hydrogens is 557 g/mol. The predicted octanol–water partition coefficient (Wildman–Crippen LogP) is 6.05. The molecule has 41 heavy (non-hydrogen) atoms. The van der Waals surface area contributed by atoms with E-state index >= 15 is 0 Å². The fourth-order valence-corrected chi connectivity index (χ4v) is 6.31. The molecule has 1 amide bonds. The van der Waals surface area contributed by atoms with Crippen LogP contribution in [0.25, 0.3) is 0 Å². The maximum atomic E-state index is 13.8. The van der Waals surface area contributed by atoms with Crippen LogP contribution in [0.1, 0.15) is 54.0 Å². The van der Waals surface area contributed by atoms with E-state index in [1.54, 1.807) is 17.0 Å². The molecule has 5 nitrogen and oxygen atoms in total. The van der Waals surface area contributed by atoms with Crippen molar-refractivity contribution in [3.63, 3.8) is 0 Å². The summed E-state index contributed by atoms with van der Waals surface area (Å²) in [4.78, 5) is 17.2. The van der Waals surface area contributed by atoms with Gasteiger partial charge in [-0.3, -0.25) is 9.69 Å². The zero-order chi connectivity index (χ0) is 29.5. The van der Waals surface area contributed by atoms with Gasteiger partial charge in [0.05, 0.1) is 36.5 Å². The van der Waals surface area contributed by atoms with Gasteiger partial charge in [-0.1, -0.05) is 12.1 Å². The molecule has 3 fully saturated rings. The predicted molar refractivity (Wildman–Crippen MR) is 134 cm³/mol. The molecule has 0 aliphatic carbocycles. The van der Waals surface area contributed by atoms with Crippen LogP contribution in [0.3, 0.4) is 0 Å². The Morgan fingerprint density at radius 1 is 0.951 bits per heavy atom. The number of hydrogen-bond acceptors (Lipinski definition) is 4. The molecule has 5 atom stereocenters. The van der Waals surface area contributed by atoms with Crippen LogP contribution in [0, 0.1) is 11.7 Å². The van der Waals surface area contributed by atoms with Crippen LogP contribution in [-0.2, 0) is 26.6 Å². The zero-order valence-corrected chi connectivity index (χ0v) is 22.3. The number of piperidine rings is 1. The van der Waals surface area contributed by atoms with E-state index in [0.717, 1.165) is 5.56 Å². The Kier molecular flexibility index (Phi) is 8.37. The Morgan fingerprint density at radius 3 is 2.15 bits per heavy atom. The minimum atomic E-state index is -4.97. The zero-order valence-electron chi connectivity index (χ0n) is 22.3. The van der Waals surface area contributed by atoms with Gasteiger partial charge >= 0.3 is 12.4 Å². The first-order valence-electron chi connectivity index (χ1n) is 13.6. The molecule has 0 saturated carbocycles. The summed E-state index contributed by atoms with van der Waals surface area (Å²) in [6.45, 7) is 4.38. The first kappa shape index (κ1) is 29.8. The quantitative estimate of drug-likeness (QED) is 0.400. The lowest BCUT2D eigenvalue weighted by Gasteiger charge is -2.39. The van der Waals surface area contributed by atoms with E-state index in [-0.39, 0.29) is 35.4 Å². The van der Waals surface area contributed by atoms with Gasteiger partial charge in [-0.05, 0) is 67.8 Å². The molecule has 3 saturated heterocycles. The van der Waals surface area contributed by atoms with Gasteiger partial charge < -0.3 is 14.4 Å². The fraction of sp³-hybridized carbons (Fsp3) is 0.552. The number of hydrogen-bond donors (Lipinski definition) is 0. The Balaban J connectivity index is 1.42. The number of ether oxygens (including phenoxy) is 2. The highest BCUT2D eigenvalue weighted by atomic mass is 19.4. The number of amides is 1. The van der Waals surface area contributed by atoms with Crippen LogP contribution in [0.2, 0.25) is 0 Å². The summed E-state index contributed by atoms with van der Waals surface area (Å²) >= 11 is 0. The summed E-state index contributed by atoms with van der Waals surface area (Å²) in [6, 6.07) is 7.14. The first-order chi connectivity index (χ1) is 19.3. The Labute approximate surface area is 233 Å². The van der Waals surface area contributed by atoms with Crippen LogP contribution < -0.4 is 0 Å². The van der Waals surface area contributed by atoms with Crippen molar-refractivity contribution in [1.82, 2.24) is 9.80 Å². The normalized spacial score (nSPS) is 26.6. The first-order valence-corrected chi connectivity index (χ1v) is 13.6. The van der Waals surface area contributed by atoms with Crippen LogP contribution >= 0.6 is 0 Å². The second kappa shape index (κ2) is 11.5. The largest absolute Gasteiger partial charge is 0.416 e. The third-order valence-electron chi connectivity index (χ3n) is 8.37. The van der Waals surface area contributed by atoms with Gasteiger partial charge in [0.2, 0.25) is 5.91 Å². The van der Waals surface area contributed by atoms with Crippen molar-refractivity contribution >= 4 is 5.91 Å². The SMILES string of the molecule is C[C@@H](O[C@H]1CN2CCC(C(=O)N3CCOCC3)CC2C1c1ccc(F)cc1)c1cc(C(F)(F)F)cc(C(F)(F)F)c1. The molecular formula is C29H31F7N2O3. The summed E-state index contributed by atoms with van der Waals surface area (Å²) in [5.74, 6) is -1.01. The van der Waals surface area contributed by atoms with Crippen molar-refractivity contribution in [3.05, 3.63) is 70.5 Å². The number of benzene rings is 2. The standard InChI is InChI=1S/C29H31F7N2O3/c1-17(20-12-21(28(31,32)33)15-22(13-20)29(34,35)36)41-25-16-38-7-6-19(27(39)37-8-10-40-11-9-37)14-24(38)26(25)18-2-4-23(30)5-3-18/h2-5,12-13,15,17,19,24-26H,6-11,14,16H2,1H3/t17-,19?,24?,25+,26?/m1/s1. The minimum Gasteiger partial charge on any atom is -0.378 e. The fourth-order valence-electron chi connectivity index (χ4n) is 6.31. The lowest BCUT2D eigenvalue weighted by molar-refractivity contribution is -0.143. The van der Waals surface area contributed by atoms with Crippen LogP contribution in [-0.4, -0.2) is 67.2 Å². The Morgan fingerprint density at radius 2 is 1.56 bits per heavy atom. The third kappa shape index (κ3) is 6.54. The molecule has 3 unspecified atom stereocenters. The van der Waals surface area contributed by atoms with Crippen LogP contribution in [0.15, 0.2) is 42.5 Å². The van der Waals surface area contributed by atoms with Crippen molar-refractivity contribution in [2.45, 2.75) is 56.3 Å². The van der Waals surface area contributed by atoms with Gasteiger partial charge in [0.25, 0.3) is 0 Å². The van der Waals surface area contributed by atoms with E-state index in [9.17, 15) is 35.5 Å². The number of morpholine rings is 1. The van der Waals surface area contributed by atoms with E-state index in [1.165, 1.54) is 19.1 Å². The lowest BCUT2D eigenvalue weighted by Crippen LogP contribution is -2.48. The molecule has 3 aliphatic heterocycles. The van der Waals surface area contributed by atoms with Crippen molar-refractivity contribution in [2.24, 2.45) is 5.92 Å². The smallest absolute Gasteiger partial charge is 0.378 e. The van der Waals surface area contributed by atoms with Gasteiger partial charge in [-0.2, -0.15) is 26.3 Å². The van der Waals surface area contributed by atoms with Crippen molar-refractivity contribution in [3.8, 4) is 0 Å². The number of nitrogens with zero attached hydrogens (tertiary/aromatic N) is 2. The highest BCUT2D eigenvalue weighted by molar-refractivity contribution is 5.79. The Bertz CT molecular complexity index is 1200. The number of carbonyl (C=O) groups is 1. The van der Waals surface area contributed by atoms with Gasteiger partial charge in [0.15, 0.2) is 0 Å². The summed E-state index contributed by atoms with van der Waals surface area (Å²) in [5, 5.41) is 0. The van der Waals surface area contributed by atoms with Crippen molar-refractivity contribution < 1.29 is 45.0 Å². The third-order valence-corrected chi connectivity index (χ3v) is 8.37. The van der Waals surface area contributed by atoms with Crippen LogP contribution in [0.4, 0.5) is 30.7 Å². The van der Waals surface area contributed by atoms with Crippen molar-refractivity contribution in [1.29, 1.82) is 0 Å². The molecule has 5 rings (SSSR count). The van der Waals surface area contributed by atoms with Gasteiger partial charge in [0, 0.05) is 37.5 Å². The highest BCUT2D eigenvalue weighted by Crippen LogP contribution is 2.44. The van der Waals surface area contributed by atoms with E-state index in [2.05, 4.69) is 4.90 Å². The van der Waals surface area contributed by atoms with Gasteiger partial charge in [0.1, 0.15) is 5.82 Å². The molecule has 0 spiro atoms. The van der Waals surface area contributed by atoms with Crippen molar-refractivity contribution in [2.75, 3.05) is 39.4 Å². The van der Waals surface area contributed by atoms with E-state index in [1.807, 2.05) is 0 Å². The van der Waals surface area contributed by atoms with Crippen LogP contribution in [0.5, 0.6) is 0 Å². The molecule has 0 aromatic heterocycles. The molecule has 12 heteroatoms. The van der Waals surface area contributed by atoms with E-state index < -0.39 is 41.5 Å². The minimum absolute atomic E-state index is 0.0483. The number of halogens is 7. The van der Waals surface area contributed by atoms with Gasteiger partial charge in [-0.15, -0.1) is 0 Å². The topological polar surface area (TPSA) is 42.0 Å². The number of alkyl halides is 6. The lowest BCUT2D eigenvalue weighted by atomic mass is 9.81. The summed E-state index contributed by atoms with van der Waals surface area (Å²) in [6.07, 6.45) is -10.5. The average molecular weight is 589 g/mol. The van der Waals surface area contributed by atoms with Gasteiger partial charge in [-0.25, -0.2) is 4.39 Å². The molecule has 3 aliphatic rings. The monoisotopic (exact) mass is 588 g/mol. The molecule has 0 N–H and O–H groups in total. The average Bonchev–Trinajstić information content (AvgIpc) is 3.29. The molecule has 0 bridgehead atoms. The number of rotatable bonds is 5. The molecule has 2 aromatic carbocycles. The summed E-state index contributed by atoms with van der Waals surface area (Å²) in [7, 11) is 0. The Hall–Kier alpha value is -2.70. The second-order valence-corrected chi connectivity index (χ2v) is 11.0. The molecule has 0 radical (unpaired) electrons. The second-order valence-electron chi connectivity index (χ2n) is 11.0. The number of carbonyl (C=O) groups excluding carboxylic acids is 1. The summed E-state index contributed by atoms with van der Waals surface area (Å²) in [5.41, 5.74) is -2.31. The molecule has 224 valence electrons. The van der Waals surface area contributed by atoms with E-state index in [4.69, 9.17) is 9.47 Å². The van der Waals surface area contributed by atoms with E-state index in [0.29, 0.717) is 64.4 Å². The maximum Gasteiger partial charge on any atom is 0.416 e. The highest BCUT2D eigenvalue weighted by Gasteiger charge is 2.48.